The predicted molar refractivity (Wildman–Crippen MR) is 74.1 cm³/mol. The van der Waals surface area contributed by atoms with E-state index in [1.807, 2.05) is 24.3 Å². The number of benzene rings is 1. The Morgan fingerprint density at radius 1 is 1.39 bits per heavy atom. The Morgan fingerprint density at radius 3 is 2.50 bits per heavy atom. The zero-order chi connectivity index (χ0) is 13.1. The van der Waals surface area contributed by atoms with E-state index in [9.17, 15) is 5.11 Å². The molecule has 3 N–H and O–H groups in total. The summed E-state index contributed by atoms with van der Waals surface area (Å²) in [6.07, 6.45) is 0.932. The molecule has 1 saturated carbocycles. The molecule has 1 aromatic carbocycles. The highest BCUT2D eigenvalue weighted by atomic mass is 16.3. The maximum atomic E-state index is 10.2. The van der Waals surface area contributed by atoms with Crippen molar-refractivity contribution in [3.8, 4) is 0 Å². The first-order valence-electron chi connectivity index (χ1n) is 6.75. The zero-order valence-corrected chi connectivity index (χ0v) is 11.3. The molecule has 100 valence electrons. The standard InChI is InChI=1S/C15H24N2O/c1-11-7-14(11)9-17(2)10-15(18)13-5-3-12(8-16)4-6-13/h3-6,11,14-15,18H,7-10,16H2,1-2H3. The smallest absolute Gasteiger partial charge is 0.0916 e. The van der Waals surface area contributed by atoms with Gasteiger partial charge in [0.15, 0.2) is 0 Å². The molecule has 1 fully saturated rings. The average molecular weight is 248 g/mol. The van der Waals surface area contributed by atoms with Crippen molar-refractivity contribution in [2.45, 2.75) is 26.0 Å². The molecule has 0 bridgehead atoms. The molecule has 3 nitrogen and oxygen atoms in total. The van der Waals surface area contributed by atoms with Crippen molar-refractivity contribution in [2.75, 3.05) is 20.1 Å². The maximum Gasteiger partial charge on any atom is 0.0916 e. The van der Waals surface area contributed by atoms with E-state index in [0.29, 0.717) is 13.1 Å². The summed E-state index contributed by atoms with van der Waals surface area (Å²) in [6, 6.07) is 7.92. The van der Waals surface area contributed by atoms with E-state index in [1.54, 1.807) is 0 Å². The normalized spacial score (nSPS) is 24.3. The molecule has 0 heterocycles. The van der Waals surface area contributed by atoms with Crippen LogP contribution in [-0.4, -0.2) is 30.1 Å². The van der Waals surface area contributed by atoms with Crippen LogP contribution in [0.4, 0.5) is 0 Å². The van der Waals surface area contributed by atoms with Gasteiger partial charge >= 0.3 is 0 Å². The first kappa shape index (κ1) is 13.5. The number of hydrogen-bond donors (Lipinski definition) is 2. The van der Waals surface area contributed by atoms with Gasteiger partial charge in [0.25, 0.3) is 0 Å². The van der Waals surface area contributed by atoms with Crippen LogP contribution in [-0.2, 0) is 6.54 Å². The van der Waals surface area contributed by atoms with Gasteiger partial charge in [-0.15, -0.1) is 0 Å². The second kappa shape index (κ2) is 5.83. The van der Waals surface area contributed by atoms with Gasteiger partial charge in [-0.2, -0.15) is 0 Å². The molecular weight excluding hydrogens is 224 g/mol. The molecule has 3 unspecified atom stereocenters. The van der Waals surface area contributed by atoms with E-state index < -0.39 is 6.10 Å². The lowest BCUT2D eigenvalue weighted by molar-refractivity contribution is 0.124. The summed E-state index contributed by atoms with van der Waals surface area (Å²) in [5.41, 5.74) is 7.64. The van der Waals surface area contributed by atoms with Gasteiger partial charge in [0.2, 0.25) is 0 Å². The van der Waals surface area contributed by atoms with Gasteiger partial charge in [-0.1, -0.05) is 31.2 Å². The maximum absolute atomic E-state index is 10.2. The number of nitrogens with zero attached hydrogens (tertiary/aromatic N) is 1. The highest BCUT2D eigenvalue weighted by Crippen LogP contribution is 2.38. The van der Waals surface area contributed by atoms with Crippen LogP contribution in [0.15, 0.2) is 24.3 Å². The van der Waals surface area contributed by atoms with Crippen LogP contribution in [0, 0.1) is 11.8 Å². The lowest BCUT2D eigenvalue weighted by atomic mass is 10.1. The minimum Gasteiger partial charge on any atom is -0.387 e. The lowest BCUT2D eigenvalue weighted by Gasteiger charge is -2.21. The molecule has 0 spiro atoms. The van der Waals surface area contributed by atoms with Crippen molar-refractivity contribution in [1.82, 2.24) is 4.90 Å². The Balaban J connectivity index is 1.83. The summed E-state index contributed by atoms with van der Waals surface area (Å²) < 4.78 is 0. The minimum atomic E-state index is -0.407. The van der Waals surface area contributed by atoms with Gasteiger partial charge in [-0.05, 0) is 36.4 Å². The van der Waals surface area contributed by atoms with E-state index in [-0.39, 0.29) is 0 Å². The molecule has 1 aliphatic carbocycles. The van der Waals surface area contributed by atoms with Crippen LogP contribution >= 0.6 is 0 Å². The average Bonchev–Trinajstić information content (AvgIpc) is 3.04. The number of aliphatic hydroxyl groups excluding tert-OH is 1. The number of hydrogen-bond acceptors (Lipinski definition) is 3. The van der Waals surface area contributed by atoms with Crippen molar-refractivity contribution >= 4 is 0 Å². The third-order valence-corrected chi connectivity index (χ3v) is 3.91. The Hall–Kier alpha value is -0.900. The topological polar surface area (TPSA) is 49.5 Å². The van der Waals surface area contributed by atoms with Gasteiger partial charge in [-0.3, -0.25) is 0 Å². The molecule has 1 aromatic rings. The summed E-state index contributed by atoms with van der Waals surface area (Å²) in [4.78, 5) is 2.23. The molecule has 3 atom stereocenters. The van der Waals surface area contributed by atoms with Gasteiger partial charge < -0.3 is 15.7 Å². The van der Waals surface area contributed by atoms with Crippen LogP contribution in [0.1, 0.15) is 30.6 Å². The number of nitrogens with two attached hydrogens (primary N) is 1. The third kappa shape index (κ3) is 3.55. The second-order valence-electron chi connectivity index (χ2n) is 5.66. The summed E-state index contributed by atoms with van der Waals surface area (Å²) in [5.74, 6) is 1.70. The van der Waals surface area contributed by atoms with Gasteiger partial charge in [0, 0.05) is 19.6 Å². The lowest BCUT2D eigenvalue weighted by Crippen LogP contribution is -2.27. The highest BCUT2D eigenvalue weighted by molar-refractivity contribution is 5.24. The quantitative estimate of drug-likeness (QED) is 0.806. The predicted octanol–water partition coefficient (Wildman–Crippen LogP) is 1.77. The SMILES string of the molecule is CC1CC1CN(C)CC(O)c1ccc(CN)cc1. The van der Waals surface area contributed by atoms with E-state index in [1.165, 1.54) is 6.42 Å². The van der Waals surface area contributed by atoms with Crippen molar-refractivity contribution < 1.29 is 5.11 Å². The van der Waals surface area contributed by atoms with E-state index in [0.717, 1.165) is 29.5 Å². The third-order valence-electron chi connectivity index (χ3n) is 3.91. The molecule has 0 aromatic heterocycles. The first-order valence-corrected chi connectivity index (χ1v) is 6.75. The molecule has 0 radical (unpaired) electrons. The summed E-state index contributed by atoms with van der Waals surface area (Å²) in [5, 5.41) is 10.2. The first-order chi connectivity index (χ1) is 8.60. The molecule has 18 heavy (non-hydrogen) atoms. The minimum absolute atomic E-state index is 0.407. The molecule has 0 aliphatic heterocycles. The molecule has 1 aliphatic rings. The number of likely N-dealkylation sites (N-methyl/N-ethyl adjacent to an activating group) is 1. The Kier molecular flexibility index (Phi) is 4.38. The second-order valence-corrected chi connectivity index (χ2v) is 5.66. The fourth-order valence-electron chi connectivity index (χ4n) is 2.40. The van der Waals surface area contributed by atoms with E-state index in [4.69, 9.17) is 5.73 Å². The molecular formula is C15H24N2O. The summed E-state index contributed by atoms with van der Waals surface area (Å²) in [6.45, 7) is 4.64. The van der Waals surface area contributed by atoms with Crippen molar-refractivity contribution in [3.05, 3.63) is 35.4 Å². The Morgan fingerprint density at radius 2 is 2.00 bits per heavy atom. The number of aliphatic hydroxyl groups is 1. The molecule has 2 rings (SSSR count). The molecule has 0 saturated heterocycles. The van der Waals surface area contributed by atoms with Gasteiger partial charge in [0.05, 0.1) is 6.10 Å². The van der Waals surface area contributed by atoms with Gasteiger partial charge in [0.1, 0.15) is 0 Å². The summed E-state index contributed by atoms with van der Waals surface area (Å²) in [7, 11) is 2.09. The Bertz CT molecular complexity index is 377. The van der Waals surface area contributed by atoms with Crippen molar-refractivity contribution in [1.29, 1.82) is 0 Å². The van der Waals surface area contributed by atoms with Crippen molar-refractivity contribution in [2.24, 2.45) is 17.6 Å². The van der Waals surface area contributed by atoms with Crippen LogP contribution in [0.5, 0.6) is 0 Å². The van der Waals surface area contributed by atoms with Crippen LogP contribution in [0.2, 0.25) is 0 Å². The monoisotopic (exact) mass is 248 g/mol. The Labute approximate surface area is 110 Å². The van der Waals surface area contributed by atoms with Crippen LogP contribution < -0.4 is 5.73 Å². The fraction of sp³-hybridized carbons (Fsp3) is 0.600. The highest BCUT2D eigenvalue weighted by Gasteiger charge is 2.33. The summed E-state index contributed by atoms with van der Waals surface area (Å²) >= 11 is 0. The molecule has 3 heteroatoms. The fourth-order valence-corrected chi connectivity index (χ4v) is 2.40. The van der Waals surface area contributed by atoms with Crippen LogP contribution in [0.25, 0.3) is 0 Å². The van der Waals surface area contributed by atoms with E-state index in [2.05, 4.69) is 18.9 Å². The van der Waals surface area contributed by atoms with Gasteiger partial charge in [-0.25, -0.2) is 0 Å². The van der Waals surface area contributed by atoms with Crippen LogP contribution in [0.3, 0.4) is 0 Å². The largest absolute Gasteiger partial charge is 0.387 e. The van der Waals surface area contributed by atoms with E-state index >= 15 is 0 Å². The number of rotatable bonds is 6. The zero-order valence-electron chi connectivity index (χ0n) is 11.3. The molecule has 0 amide bonds. The van der Waals surface area contributed by atoms with Crippen molar-refractivity contribution in [3.63, 3.8) is 0 Å².